The van der Waals surface area contributed by atoms with Crippen LogP contribution in [-0.2, 0) is 14.3 Å². The normalized spacial score (nSPS) is 34.8. The molecule has 1 saturated carbocycles. The summed E-state index contributed by atoms with van der Waals surface area (Å²) in [6.45, 7) is 0. The number of rotatable bonds is 1. The number of carbonyl (C=O) groups is 2. The second kappa shape index (κ2) is 3.48. The second-order valence-electron chi connectivity index (χ2n) is 3.89. The Bertz CT molecular complexity index is 234. The molecule has 0 spiro atoms. The van der Waals surface area contributed by atoms with Gasteiger partial charge in [0.15, 0.2) is 0 Å². The quantitative estimate of drug-likeness (QED) is 0.576. The van der Waals surface area contributed by atoms with Gasteiger partial charge in [0.1, 0.15) is 11.9 Å². The molecule has 2 unspecified atom stereocenters. The summed E-state index contributed by atoms with van der Waals surface area (Å²) in [6, 6.07) is 0. The number of carbonyl (C=O) groups excluding carboxylic acids is 2. The molecular weight excluding hydrogens is 168 g/mol. The van der Waals surface area contributed by atoms with Gasteiger partial charge in [-0.3, -0.25) is 9.59 Å². The Hall–Kier alpha value is -0.860. The van der Waals surface area contributed by atoms with Crippen LogP contribution in [0.15, 0.2) is 0 Å². The molecule has 2 rings (SSSR count). The van der Waals surface area contributed by atoms with E-state index in [0.717, 1.165) is 25.7 Å². The predicted octanol–water partition coefficient (Wildman–Crippen LogP) is 1.45. The maximum Gasteiger partial charge on any atom is 0.306 e. The summed E-state index contributed by atoms with van der Waals surface area (Å²) < 4.78 is 5.11. The molecule has 0 N–H and O–H groups in total. The highest BCUT2D eigenvalue weighted by Gasteiger charge is 2.36. The average molecular weight is 182 g/mol. The van der Waals surface area contributed by atoms with E-state index in [2.05, 4.69) is 0 Å². The molecule has 0 aromatic rings. The number of esters is 1. The summed E-state index contributed by atoms with van der Waals surface area (Å²) in [7, 11) is 0. The Balaban J connectivity index is 1.98. The summed E-state index contributed by atoms with van der Waals surface area (Å²) in [5.41, 5.74) is 0. The molecule has 2 aliphatic rings. The lowest BCUT2D eigenvalue weighted by Gasteiger charge is -2.24. The summed E-state index contributed by atoms with van der Waals surface area (Å²) >= 11 is 0. The molecule has 0 bridgehead atoms. The van der Waals surface area contributed by atoms with Gasteiger partial charge in [-0.15, -0.1) is 0 Å². The van der Waals surface area contributed by atoms with Crippen molar-refractivity contribution < 1.29 is 14.3 Å². The molecule has 0 radical (unpaired) electrons. The summed E-state index contributed by atoms with van der Waals surface area (Å²) in [6.07, 6.45) is 4.85. The van der Waals surface area contributed by atoms with Gasteiger partial charge in [-0.05, 0) is 19.3 Å². The van der Waals surface area contributed by atoms with Crippen LogP contribution in [0.1, 0.15) is 38.5 Å². The first-order valence-corrected chi connectivity index (χ1v) is 4.99. The van der Waals surface area contributed by atoms with Crippen molar-refractivity contribution in [3.05, 3.63) is 0 Å². The zero-order chi connectivity index (χ0) is 9.26. The maximum atomic E-state index is 11.5. The van der Waals surface area contributed by atoms with Crippen molar-refractivity contribution in [2.75, 3.05) is 0 Å². The van der Waals surface area contributed by atoms with Crippen LogP contribution in [0.2, 0.25) is 0 Å². The lowest BCUT2D eigenvalue weighted by atomic mass is 9.83. The Morgan fingerprint density at radius 1 is 1.08 bits per heavy atom. The van der Waals surface area contributed by atoms with Gasteiger partial charge in [0, 0.05) is 12.8 Å². The molecule has 1 aliphatic heterocycles. The third-order valence-electron chi connectivity index (χ3n) is 2.97. The van der Waals surface area contributed by atoms with Gasteiger partial charge >= 0.3 is 5.97 Å². The molecule has 0 amide bonds. The van der Waals surface area contributed by atoms with Crippen molar-refractivity contribution in [3.8, 4) is 0 Å². The van der Waals surface area contributed by atoms with E-state index in [-0.39, 0.29) is 18.0 Å². The number of ketones is 1. The zero-order valence-corrected chi connectivity index (χ0v) is 7.62. The van der Waals surface area contributed by atoms with Crippen molar-refractivity contribution >= 4 is 11.8 Å². The van der Waals surface area contributed by atoms with Crippen LogP contribution in [0, 0.1) is 5.92 Å². The Kier molecular flexibility index (Phi) is 2.34. The minimum absolute atomic E-state index is 0.0141. The molecule has 3 heteroatoms. The number of Topliss-reactive ketones (excluding diaryl/α,β-unsaturated/α-hetero) is 1. The van der Waals surface area contributed by atoms with Crippen LogP contribution in [0.4, 0.5) is 0 Å². The third-order valence-corrected chi connectivity index (χ3v) is 2.97. The van der Waals surface area contributed by atoms with E-state index in [1.807, 2.05) is 0 Å². The van der Waals surface area contributed by atoms with Crippen LogP contribution in [-0.4, -0.2) is 17.9 Å². The molecule has 72 valence electrons. The zero-order valence-electron chi connectivity index (χ0n) is 7.62. The molecule has 1 saturated heterocycles. The lowest BCUT2D eigenvalue weighted by molar-refractivity contribution is -0.145. The monoisotopic (exact) mass is 182 g/mol. The van der Waals surface area contributed by atoms with Gasteiger partial charge in [-0.25, -0.2) is 0 Å². The van der Waals surface area contributed by atoms with E-state index in [1.54, 1.807) is 0 Å². The standard InChI is InChI=1S/C10H14O3/c11-8-4-2-1-3-7(8)9-5-6-10(12)13-9/h7,9H,1-6H2. The van der Waals surface area contributed by atoms with E-state index in [9.17, 15) is 9.59 Å². The van der Waals surface area contributed by atoms with Crippen LogP contribution in [0.25, 0.3) is 0 Å². The average Bonchev–Trinajstić information content (AvgIpc) is 2.53. The highest BCUT2D eigenvalue weighted by atomic mass is 16.5. The molecule has 0 aromatic carbocycles. The van der Waals surface area contributed by atoms with Crippen molar-refractivity contribution in [1.82, 2.24) is 0 Å². The predicted molar refractivity (Wildman–Crippen MR) is 46.1 cm³/mol. The minimum Gasteiger partial charge on any atom is -0.462 e. The van der Waals surface area contributed by atoms with E-state index >= 15 is 0 Å². The van der Waals surface area contributed by atoms with Crippen LogP contribution in [0.3, 0.4) is 0 Å². The van der Waals surface area contributed by atoms with Crippen LogP contribution in [0.5, 0.6) is 0 Å². The molecule has 3 nitrogen and oxygen atoms in total. The number of hydrogen-bond donors (Lipinski definition) is 0. The Morgan fingerprint density at radius 3 is 2.54 bits per heavy atom. The van der Waals surface area contributed by atoms with Gasteiger partial charge in [0.25, 0.3) is 0 Å². The number of ether oxygens (including phenoxy) is 1. The molecule has 0 aromatic heterocycles. The van der Waals surface area contributed by atoms with Crippen molar-refractivity contribution in [3.63, 3.8) is 0 Å². The van der Waals surface area contributed by atoms with Crippen LogP contribution < -0.4 is 0 Å². The molecular formula is C10H14O3. The van der Waals surface area contributed by atoms with Crippen molar-refractivity contribution in [1.29, 1.82) is 0 Å². The largest absolute Gasteiger partial charge is 0.462 e. The first kappa shape index (κ1) is 8.73. The highest BCUT2D eigenvalue weighted by molar-refractivity contribution is 5.83. The van der Waals surface area contributed by atoms with Gasteiger partial charge in [0.2, 0.25) is 0 Å². The van der Waals surface area contributed by atoms with Gasteiger partial charge in [-0.1, -0.05) is 6.42 Å². The van der Waals surface area contributed by atoms with Crippen molar-refractivity contribution in [2.45, 2.75) is 44.6 Å². The molecule has 2 atom stereocenters. The molecule has 1 aliphatic carbocycles. The van der Waals surface area contributed by atoms with E-state index < -0.39 is 0 Å². The number of hydrogen-bond acceptors (Lipinski definition) is 3. The first-order valence-electron chi connectivity index (χ1n) is 4.99. The molecule has 13 heavy (non-hydrogen) atoms. The number of cyclic esters (lactones) is 1. The van der Waals surface area contributed by atoms with Gasteiger partial charge in [-0.2, -0.15) is 0 Å². The first-order chi connectivity index (χ1) is 6.27. The van der Waals surface area contributed by atoms with E-state index in [1.165, 1.54) is 0 Å². The summed E-state index contributed by atoms with van der Waals surface area (Å²) in [5, 5.41) is 0. The van der Waals surface area contributed by atoms with Gasteiger partial charge in [0.05, 0.1) is 5.92 Å². The van der Waals surface area contributed by atoms with E-state index in [0.29, 0.717) is 18.6 Å². The topological polar surface area (TPSA) is 43.4 Å². The minimum atomic E-state index is -0.136. The fraction of sp³-hybridized carbons (Fsp3) is 0.800. The Labute approximate surface area is 77.4 Å². The fourth-order valence-electron chi connectivity index (χ4n) is 2.23. The molecule has 2 fully saturated rings. The molecule has 1 heterocycles. The second-order valence-corrected chi connectivity index (χ2v) is 3.89. The SMILES string of the molecule is O=C1CCC(C2CCCCC2=O)O1. The Morgan fingerprint density at radius 2 is 1.92 bits per heavy atom. The van der Waals surface area contributed by atoms with Gasteiger partial charge < -0.3 is 4.74 Å². The summed E-state index contributed by atoms with van der Waals surface area (Å²) in [5.74, 6) is 0.175. The highest BCUT2D eigenvalue weighted by Crippen LogP contribution is 2.30. The smallest absolute Gasteiger partial charge is 0.306 e. The van der Waals surface area contributed by atoms with Crippen LogP contribution >= 0.6 is 0 Å². The fourth-order valence-corrected chi connectivity index (χ4v) is 2.23. The maximum absolute atomic E-state index is 11.5. The van der Waals surface area contributed by atoms with E-state index in [4.69, 9.17) is 4.74 Å². The lowest BCUT2D eigenvalue weighted by Crippen LogP contribution is -2.30. The van der Waals surface area contributed by atoms with Crippen molar-refractivity contribution in [2.24, 2.45) is 5.92 Å². The third kappa shape index (κ3) is 1.74. The summed E-state index contributed by atoms with van der Waals surface area (Å²) in [4.78, 5) is 22.4.